The summed E-state index contributed by atoms with van der Waals surface area (Å²) in [7, 11) is 0. The van der Waals surface area contributed by atoms with Gasteiger partial charge in [-0.25, -0.2) is 9.97 Å². The Balaban J connectivity index is 2.98. The zero-order valence-electron chi connectivity index (χ0n) is 4.41. The average Bonchev–Trinajstić information content (AvgIpc) is 1.90. The van der Waals surface area contributed by atoms with Crippen molar-refractivity contribution < 1.29 is 9.18 Å². The predicted molar refractivity (Wildman–Crippen MR) is 27.5 cm³/mol. The van der Waals surface area contributed by atoms with Crippen LogP contribution in [0.15, 0.2) is 18.6 Å². The predicted octanol–water partition coefficient (Wildman–Crippen LogP) is 0.586. The van der Waals surface area contributed by atoms with Crippen molar-refractivity contribution in [3.8, 4) is 0 Å². The van der Waals surface area contributed by atoms with Crippen LogP contribution in [-0.4, -0.2) is 16.0 Å². The molecular weight excluding hydrogens is 123 g/mol. The Kier molecular flexibility index (Phi) is 1.48. The second-order valence-corrected chi connectivity index (χ2v) is 1.37. The molecule has 46 valence electrons. The number of hydrogen-bond acceptors (Lipinski definition) is 3. The first-order valence-electron chi connectivity index (χ1n) is 2.26. The molecule has 1 heterocycles. The van der Waals surface area contributed by atoms with E-state index in [4.69, 9.17) is 0 Å². The van der Waals surface area contributed by atoms with Crippen molar-refractivity contribution >= 4 is 6.04 Å². The lowest BCUT2D eigenvalue weighted by Gasteiger charge is -1.84. The van der Waals surface area contributed by atoms with E-state index in [9.17, 15) is 9.18 Å². The Morgan fingerprint density at radius 3 is 2.78 bits per heavy atom. The average molecular weight is 126 g/mol. The fourth-order valence-electron chi connectivity index (χ4n) is 0.407. The molecule has 0 aromatic carbocycles. The molecule has 1 aromatic rings. The molecule has 0 aliphatic heterocycles. The third-order valence-corrected chi connectivity index (χ3v) is 0.783. The Morgan fingerprint density at radius 2 is 2.44 bits per heavy atom. The zero-order valence-corrected chi connectivity index (χ0v) is 4.41. The Labute approximate surface area is 50.6 Å². The molecule has 0 saturated heterocycles. The number of carbonyl (C=O) groups is 1. The quantitative estimate of drug-likeness (QED) is 0.517. The lowest BCUT2D eigenvalue weighted by atomic mass is 10.4. The van der Waals surface area contributed by atoms with Gasteiger partial charge in [0.2, 0.25) is 0 Å². The topological polar surface area (TPSA) is 42.9 Å². The zero-order chi connectivity index (χ0) is 6.69. The molecule has 0 bridgehead atoms. The highest BCUT2D eigenvalue weighted by molar-refractivity contribution is 5.85. The SMILES string of the molecule is O=C(F)c1ccncn1. The van der Waals surface area contributed by atoms with Gasteiger partial charge in [0.15, 0.2) is 0 Å². The van der Waals surface area contributed by atoms with E-state index >= 15 is 0 Å². The second kappa shape index (κ2) is 2.30. The molecule has 4 heteroatoms. The summed E-state index contributed by atoms with van der Waals surface area (Å²) in [6.07, 6.45) is 2.42. The van der Waals surface area contributed by atoms with Crippen LogP contribution in [0.5, 0.6) is 0 Å². The highest BCUT2D eigenvalue weighted by atomic mass is 19.1. The highest BCUT2D eigenvalue weighted by Crippen LogP contribution is 1.91. The standard InChI is InChI=1S/C5H3FN2O/c6-5(9)4-1-2-7-3-8-4/h1-3H. The van der Waals surface area contributed by atoms with Crippen molar-refractivity contribution in [3.63, 3.8) is 0 Å². The van der Waals surface area contributed by atoms with Crippen LogP contribution in [0.4, 0.5) is 4.39 Å². The fourth-order valence-corrected chi connectivity index (χ4v) is 0.407. The second-order valence-electron chi connectivity index (χ2n) is 1.37. The molecule has 0 spiro atoms. The van der Waals surface area contributed by atoms with Crippen molar-refractivity contribution in [2.45, 2.75) is 0 Å². The summed E-state index contributed by atoms with van der Waals surface area (Å²) in [5, 5.41) is 0. The van der Waals surface area contributed by atoms with Gasteiger partial charge in [0.1, 0.15) is 12.0 Å². The normalized spacial score (nSPS) is 9.00. The van der Waals surface area contributed by atoms with E-state index < -0.39 is 6.04 Å². The van der Waals surface area contributed by atoms with Gasteiger partial charge in [-0.1, -0.05) is 0 Å². The van der Waals surface area contributed by atoms with Crippen LogP contribution in [0.1, 0.15) is 10.5 Å². The number of halogens is 1. The fraction of sp³-hybridized carbons (Fsp3) is 0. The smallest absolute Gasteiger partial charge is 0.254 e. The van der Waals surface area contributed by atoms with E-state index in [0.717, 1.165) is 6.33 Å². The maximum absolute atomic E-state index is 11.7. The summed E-state index contributed by atoms with van der Waals surface area (Å²) in [5.74, 6) is 0. The maximum Gasteiger partial charge on any atom is 0.350 e. The monoisotopic (exact) mass is 126 g/mol. The van der Waals surface area contributed by atoms with Crippen molar-refractivity contribution in [2.75, 3.05) is 0 Å². The van der Waals surface area contributed by atoms with Gasteiger partial charge in [0.25, 0.3) is 0 Å². The molecule has 1 rings (SSSR count). The Bertz CT molecular complexity index is 211. The molecular formula is C5H3FN2O. The molecule has 0 atom stereocenters. The van der Waals surface area contributed by atoms with E-state index in [2.05, 4.69) is 9.97 Å². The minimum absolute atomic E-state index is 0.204. The third-order valence-electron chi connectivity index (χ3n) is 0.783. The lowest BCUT2D eigenvalue weighted by Crippen LogP contribution is -1.93. The van der Waals surface area contributed by atoms with E-state index in [1.807, 2.05) is 0 Å². The van der Waals surface area contributed by atoms with Gasteiger partial charge < -0.3 is 0 Å². The Hall–Kier alpha value is -1.32. The van der Waals surface area contributed by atoms with Crippen molar-refractivity contribution in [1.29, 1.82) is 0 Å². The molecule has 0 saturated carbocycles. The highest BCUT2D eigenvalue weighted by Gasteiger charge is 2.01. The lowest BCUT2D eigenvalue weighted by molar-refractivity contribution is 0.0830. The molecule has 0 amide bonds. The van der Waals surface area contributed by atoms with Crippen molar-refractivity contribution in [2.24, 2.45) is 0 Å². The van der Waals surface area contributed by atoms with E-state index in [0.29, 0.717) is 0 Å². The van der Waals surface area contributed by atoms with Gasteiger partial charge in [-0.05, 0) is 6.07 Å². The van der Waals surface area contributed by atoms with Crippen molar-refractivity contribution in [3.05, 3.63) is 24.3 Å². The number of carbonyl (C=O) groups excluding carboxylic acids is 1. The first-order chi connectivity index (χ1) is 4.30. The van der Waals surface area contributed by atoms with E-state index in [1.54, 1.807) is 0 Å². The summed E-state index contributed by atoms with van der Waals surface area (Å²) in [5.41, 5.74) is -0.204. The van der Waals surface area contributed by atoms with Crippen LogP contribution >= 0.6 is 0 Å². The largest absolute Gasteiger partial charge is 0.350 e. The molecule has 3 nitrogen and oxygen atoms in total. The molecule has 0 fully saturated rings. The molecule has 0 N–H and O–H groups in total. The molecule has 0 radical (unpaired) electrons. The molecule has 1 aromatic heterocycles. The third kappa shape index (κ3) is 1.28. The summed E-state index contributed by atoms with van der Waals surface area (Å²) < 4.78 is 11.7. The minimum Gasteiger partial charge on any atom is -0.254 e. The van der Waals surface area contributed by atoms with Gasteiger partial charge in [0.05, 0.1) is 0 Å². The maximum atomic E-state index is 11.7. The van der Waals surface area contributed by atoms with Crippen LogP contribution in [0, 0.1) is 0 Å². The molecule has 9 heavy (non-hydrogen) atoms. The first kappa shape index (κ1) is 5.81. The van der Waals surface area contributed by atoms with Gasteiger partial charge in [0, 0.05) is 6.20 Å². The van der Waals surface area contributed by atoms with Gasteiger partial charge in [-0.3, -0.25) is 4.79 Å². The van der Waals surface area contributed by atoms with Crippen LogP contribution in [-0.2, 0) is 0 Å². The number of aromatic nitrogens is 2. The minimum atomic E-state index is -1.53. The summed E-state index contributed by atoms with van der Waals surface area (Å²) in [4.78, 5) is 16.7. The van der Waals surface area contributed by atoms with Gasteiger partial charge in [-0.15, -0.1) is 0 Å². The van der Waals surface area contributed by atoms with E-state index in [-0.39, 0.29) is 5.69 Å². The van der Waals surface area contributed by atoms with Crippen LogP contribution < -0.4 is 0 Å². The summed E-state index contributed by atoms with van der Waals surface area (Å²) >= 11 is 0. The first-order valence-corrected chi connectivity index (χ1v) is 2.26. The molecule has 0 unspecified atom stereocenters. The molecule has 0 aliphatic rings. The number of rotatable bonds is 1. The number of hydrogen-bond donors (Lipinski definition) is 0. The summed E-state index contributed by atoms with van der Waals surface area (Å²) in [6, 6.07) is -0.320. The summed E-state index contributed by atoms with van der Waals surface area (Å²) in [6.45, 7) is 0. The Morgan fingerprint density at radius 1 is 1.67 bits per heavy atom. The van der Waals surface area contributed by atoms with Crippen LogP contribution in [0.3, 0.4) is 0 Å². The van der Waals surface area contributed by atoms with Crippen LogP contribution in [0.2, 0.25) is 0 Å². The van der Waals surface area contributed by atoms with Crippen LogP contribution in [0.25, 0.3) is 0 Å². The number of nitrogens with zero attached hydrogens (tertiary/aromatic N) is 2. The van der Waals surface area contributed by atoms with Gasteiger partial charge in [-0.2, -0.15) is 4.39 Å². The van der Waals surface area contributed by atoms with Crippen molar-refractivity contribution in [1.82, 2.24) is 9.97 Å². The van der Waals surface area contributed by atoms with E-state index in [1.165, 1.54) is 12.3 Å². The van der Waals surface area contributed by atoms with Gasteiger partial charge >= 0.3 is 6.04 Å². The molecule has 0 aliphatic carbocycles.